The molecule has 0 aliphatic heterocycles. The van der Waals surface area contributed by atoms with Gasteiger partial charge in [0, 0.05) is 29.9 Å². The molecule has 0 saturated carbocycles. The molecule has 0 spiro atoms. The highest BCUT2D eigenvalue weighted by molar-refractivity contribution is 7.08. The molecule has 10 heteroatoms. The van der Waals surface area contributed by atoms with Crippen LogP contribution in [0.15, 0.2) is 83.7 Å². The zero-order chi connectivity index (χ0) is 24.6. The van der Waals surface area contributed by atoms with Gasteiger partial charge in [-0.1, -0.05) is 18.2 Å². The Bertz CT molecular complexity index is 1350. The molecule has 0 bridgehead atoms. The Kier molecular flexibility index (Phi) is 7.44. The predicted molar refractivity (Wildman–Crippen MR) is 130 cm³/mol. The van der Waals surface area contributed by atoms with Crippen molar-refractivity contribution in [1.29, 1.82) is 0 Å². The van der Waals surface area contributed by atoms with Gasteiger partial charge in [0.2, 0.25) is 5.88 Å². The predicted octanol–water partition coefficient (Wildman–Crippen LogP) is 4.58. The maximum Gasteiger partial charge on any atom is 0.313 e. The molecular weight excluding hydrogens is 471 g/mol. The number of carbonyl (C=O) groups is 3. The van der Waals surface area contributed by atoms with E-state index >= 15 is 0 Å². The lowest BCUT2D eigenvalue weighted by molar-refractivity contribution is -0.136. The van der Waals surface area contributed by atoms with Crippen molar-refractivity contribution in [3.05, 3.63) is 101 Å². The second-order valence-corrected chi connectivity index (χ2v) is 8.00. The number of carbonyl (C=O) groups excluding carboxylic acids is 3. The first kappa shape index (κ1) is 23.6. The first-order valence-corrected chi connectivity index (χ1v) is 11.3. The number of benzene rings is 2. The molecule has 0 radical (unpaired) electrons. The number of aromatic nitrogens is 1. The number of amides is 3. The first-order chi connectivity index (χ1) is 17.0. The minimum absolute atomic E-state index is 0.0608. The molecule has 0 unspecified atom stereocenters. The summed E-state index contributed by atoms with van der Waals surface area (Å²) in [5, 5.41) is 10.7. The number of thiophene rings is 1. The molecule has 2 heterocycles. The number of para-hydroxylation sites is 1. The van der Waals surface area contributed by atoms with E-state index in [1.54, 1.807) is 41.1 Å². The minimum Gasteiger partial charge on any atom is -0.439 e. The van der Waals surface area contributed by atoms with Gasteiger partial charge in [0.05, 0.1) is 11.3 Å². The fourth-order valence-corrected chi connectivity index (χ4v) is 3.60. The van der Waals surface area contributed by atoms with Crippen LogP contribution < -0.4 is 20.7 Å². The van der Waals surface area contributed by atoms with Gasteiger partial charge in [-0.05, 0) is 53.4 Å². The van der Waals surface area contributed by atoms with Crippen molar-refractivity contribution in [3.8, 4) is 11.6 Å². The second kappa shape index (κ2) is 11.0. The van der Waals surface area contributed by atoms with Crippen molar-refractivity contribution < 1.29 is 23.5 Å². The lowest BCUT2D eigenvalue weighted by atomic mass is 10.2. The number of pyridine rings is 1. The highest BCUT2D eigenvalue weighted by Gasteiger charge is 2.16. The molecule has 0 atom stereocenters. The lowest BCUT2D eigenvalue weighted by Gasteiger charge is -2.10. The number of halogens is 1. The van der Waals surface area contributed by atoms with Gasteiger partial charge < -0.3 is 20.7 Å². The van der Waals surface area contributed by atoms with E-state index in [0.29, 0.717) is 22.8 Å². The van der Waals surface area contributed by atoms with E-state index in [2.05, 4.69) is 20.9 Å². The summed E-state index contributed by atoms with van der Waals surface area (Å²) in [6.07, 6.45) is 1.53. The Morgan fingerprint density at radius 2 is 1.77 bits per heavy atom. The van der Waals surface area contributed by atoms with Gasteiger partial charge in [-0.15, -0.1) is 0 Å². The molecule has 3 amide bonds. The summed E-state index contributed by atoms with van der Waals surface area (Å²) in [5.41, 5.74) is 1.08. The molecule has 2 aromatic heterocycles. The third kappa shape index (κ3) is 6.49. The highest BCUT2D eigenvalue weighted by atomic mass is 32.1. The van der Waals surface area contributed by atoms with Gasteiger partial charge >= 0.3 is 11.8 Å². The summed E-state index contributed by atoms with van der Waals surface area (Å²) in [4.78, 5) is 40.9. The number of nitrogens with zero attached hydrogens (tertiary/aromatic N) is 1. The van der Waals surface area contributed by atoms with Crippen LogP contribution in [0, 0.1) is 5.82 Å². The highest BCUT2D eigenvalue weighted by Crippen LogP contribution is 2.21. The summed E-state index contributed by atoms with van der Waals surface area (Å²) in [5.74, 6) is -2.04. The molecule has 4 aromatic rings. The van der Waals surface area contributed by atoms with E-state index in [0.717, 1.165) is 6.07 Å². The lowest BCUT2D eigenvalue weighted by Crippen LogP contribution is -2.35. The third-order valence-corrected chi connectivity index (χ3v) is 5.36. The average Bonchev–Trinajstić information content (AvgIpc) is 3.41. The zero-order valence-corrected chi connectivity index (χ0v) is 19.0. The molecule has 0 aliphatic carbocycles. The maximum atomic E-state index is 14.1. The van der Waals surface area contributed by atoms with Crippen molar-refractivity contribution in [2.45, 2.75) is 6.54 Å². The summed E-state index contributed by atoms with van der Waals surface area (Å²) < 4.78 is 19.8. The van der Waals surface area contributed by atoms with Crippen molar-refractivity contribution >= 4 is 40.4 Å². The molecule has 0 aliphatic rings. The Morgan fingerprint density at radius 1 is 0.943 bits per heavy atom. The molecule has 3 N–H and O–H groups in total. The molecule has 2 aromatic carbocycles. The van der Waals surface area contributed by atoms with Gasteiger partial charge in [0.1, 0.15) is 11.6 Å². The Hall–Kier alpha value is -4.57. The van der Waals surface area contributed by atoms with E-state index in [9.17, 15) is 18.8 Å². The largest absolute Gasteiger partial charge is 0.439 e. The Morgan fingerprint density at radius 3 is 2.54 bits per heavy atom. The monoisotopic (exact) mass is 490 g/mol. The Balaban J connectivity index is 1.33. The summed E-state index contributed by atoms with van der Waals surface area (Å²) in [6, 6.07) is 17.6. The average molecular weight is 491 g/mol. The maximum absolute atomic E-state index is 14.1. The zero-order valence-electron chi connectivity index (χ0n) is 18.2. The van der Waals surface area contributed by atoms with Crippen LogP contribution in [-0.4, -0.2) is 22.7 Å². The number of hydrogen-bond donors (Lipinski definition) is 3. The molecule has 176 valence electrons. The van der Waals surface area contributed by atoms with Crippen LogP contribution in [0.3, 0.4) is 0 Å². The van der Waals surface area contributed by atoms with Crippen LogP contribution in [0.25, 0.3) is 0 Å². The summed E-state index contributed by atoms with van der Waals surface area (Å²) in [6.45, 7) is 0.0608. The quantitative estimate of drug-likeness (QED) is 0.329. The van der Waals surface area contributed by atoms with E-state index in [4.69, 9.17) is 4.74 Å². The molecule has 35 heavy (non-hydrogen) atoms. The van der Waals surface area contributed by atoms with Crippen LogP contribution in [0.4, 0.5) is 15.8 Å². The van der Waals surface area contributed by atoms with Gasteiger partial charge in [-0.25, -0.2) is 9.37 Å². The van der Waals surface area contributed by atoms with E-state index in [1.807, 2.05) is 18.2 Å². The van der Waals surface area contributed by atoms with Gasteiger partial charge in [-0.2, -0.15) is 11.3 Å². The molecule has 0 fully saturated rings. The fraction of sp³-hybridized carbons (Fsp3) is 0.0400. The van der Waals surface area contributed by atoms with Gasteiger partial charge in [-0.3, -0.25) is 14.4 Å². The SMILES string of the molecule is O=C(NCc1ccnc(Oc2ccccc2)c1)C(=O)Nc1ccc(F)c(NC(=O)c2ccsc2)c1. The molecular formula is C25H19FN4O4S. The first-order valence-electron chi connectivity index (χ1n) is 10.4. The number of rotatable bonds is 7. The van der Waals surface area contributed by atoms with Crippen LogP contribution in [0.5, 0.6) is 11.6 Å². The Labute approximate surface area is 203 Å². The van der Waals surface area contributed by atoms with Crippen molar-refractivity contribution in [2.75, 3.05) is 10.6 Å². The number of ether oxygens (including phenoxy) is 1. The van der Waals surface area contributed by atoms with E-state index in [-0.39, 0.29) is 17.9 Å². The summed E-state index contributed by atoms with van der Waals surface area (Å²) in [7, 11) is 0. The topological polar surface area (TPSA) is 109 Å². The van der Waals surface area contributed by atoms with Gasteiger partial charge in [0.25, 0.3) is 5.91 Å². The molecule has 4 rings (SSSR count). The van der Waals surface area contributed by atoms with Crippen molar-refractivity contribution in [3.63, 3.8) is 0 Å². The number of hydrogen-bond acceptors (Lipinski definition) is 6. The number of nitrogens with one attached hydrogen (secondary N) is 3. The van der Waals surface area contributed by atoms with Gasteiger partial charge in [0.15, 0.2) is 0 Å². The normalized spacial score (nSPS) is 10.3. The third-order valence-electron chi connectivity index (χ3n) is 4.68. The standard InChI is InChI=1S/C25H19FN4O4S/c26-20-7-6-18(13-21(20)30-23(31)17-9-11-35-15-17)29-25(33)24(32)28-14-16-8-10-27-22(12-16)34-19-4-2-1-3-5-19/h1-13,15H,14H2,(H,28,32)(H,29,33)(H,30,31). The second-order valence-electron chi connectivity index (χ2n) is 7.22. The van der Waals surface area contributed by atoms with Crippen molar-refractivity contribution in [2.24, 2.45) is 0 Å². The minimum atomic E-state index is -0.943. The van der Waals surface area contributed by atoms with Crippen LogP contribution in [-0.2, 0) is 16.1 Å². The van der Waals surface area contributed by atoms with Crippen LogP contribution in [0.1, 0.15) is 15.9 Å². The fourth-order valence-electron chi connectivity index (χ4n) is 2.96. The molecule has 0 saturated heterocycles. The molecule has 8 nitrogen and oxygen atoms in total. The van der Waals surface area contributed by atoms with E-state index in [1.165, 1.54) is 29.7 Å². The van der Waals surface area contributed by atoms with Crippen LogP contribution in [0.2, 0.25) is 0 Å². The van der Waals surface area contributed by atoms with Crippen molar-refractivity contribution in [1.82, 2.24) is 10.3 Å². The van der Waals surface area contributed by atoms with E-state index < -0.39 is 23.5 Å². The van der Waals surface area contributed by atoms with Crippen LogP contribution >= 0.6 is 11.3 Å². The smallest absolute Gasteiger partial charge is 0.313 e. The summed E-state index contributed by atoms with van der Waals surface area (Å²) >= 11 is 1.33. The number of anilines is 2.